The van der Waals surface area contributed by atoms with E-state index in [1.807, 2.05) is 0 Å². The maximum atomic E-state index is 12.5. The van der Waals surface area contributed by atoms with Gasteiger partial charge in [-0.3, -0.25) is 0 Å². The first-order valence-electron chi connectivity index (χ1n) is 3.37. The first-order chi connectivity index (χ1) is 6.27. The van der Waals surface area contributed by atoms with Crippen LogP contribution in [0.1, 0.15) is 0 Å². The van der Waals surface area contributed by atoms with E-state index in [0.29, 0.717) is 13.2 Å². The molecule has 14 heavy (non-hydrogen) atoms. The Bertz CT molecular complexity index is 227. The lowest BCUT2D eigenvalue weighted by molar-refractivity contribution is -0.344. The Morgan fingerprint density at radius 2 is 1.93 bits per heavy atom. The highest BCUT2D eigenvalue weighted by Gasteiger charge is 2.58. The summed E-state index contributed by atoms with van der Waals surface area (Å²) in [5.41, 5.74) is 0. The number of ether oxygens (including phenoxy) is 2. The van der Waals surface area contributed by atoms with Gasteiger partial charge in [0, 0.05) is 13.2 Å². The predicted molar refractivity (Wildman–Crippen MR) is 38.1 cm³/mol. The number of alkyl halides is 4. The van der Waals surface area contributed by atoms with Crippen LogP contribution < -0.4 is 0 Å². The summed E-state index contributed by atoms with van der Waals surface area (Å²) in [7, 11) is 0.420. The molecule has 82 valence electrons. The summed E-state index contributed by atoms with van der Waals surface area (Å²) in [6, 6.07) is 0. The van der Waals surface area contributed by atoms with Crippen molar-refractivity contribution in [3.8, 4) is 0 Å². The van der Waals surface area contributed by atoms with Gasteiger partial charge in [0.25, 0.3) is 0 Å². The van der Waals surface area contributed by atoms with E-state index in [0.717, 1.165) is 0 Å². The van der Waals surface area contributed by atoms with E-state index in [4.69, 9.17) is 0 Å². The number of methoxy groups -OCH3 is 1. The summed E-state index contributed by atoms with van der Waals surface area (Å²) < 4.78 is 56.7. The van der Waals surface area contributed by atoms with Gasteiger partial charge in [-0.15, -0.1) is 0 Å². The van der Waals surface area contributed by atoms with Crippen molar-refractivity contribution in [2.75, 3.05) is 13.7 Å². The van der Waals surface area contributed by atoms with Crippen LogP contribution in [0.5, 0.6) is 0 Å². The number of hydrogen-bond acceptors (Lipinski definition) is 3. The van der Waals surface area contributed by atoms with E-state index in [1.54, 1.807) is 0 Å². The van der Waals surface area contributed by atoms with Gasteiger partial charge < -0.3 is 9.47 Å². The molecule has 0 rings (SSSR count). The third kappa shape index (κ3) is 2.99. The van der Waals surface area contributed by atoms with Crippen LogP contribution in [0.4, 0.5) is 17.6 Å². The van der Waals surface area contributed by atoms with Crippen molar-refractivity contribution in [1.29, 1.82) is 0 Å². The fraction of sp³-hybridized carbons (Fsp3) is 0.571. The zero-order valence-corrected chi connectivity index (χ0v) is 7.23. The van der Waals surface area contributed by atoms with Crippen LogP contribution in [0.3, 0.4) is 0 Å². The van der Waals surface area contributed by atoms with Crippen molar-refractivity contribution in [2.24, 2.45) is 0 Å². The highest BCUT2D eigenvalue weighted by atomic mass is 19.3. The average molecular weight is 216 g/mol. The Morgan fingerprint density at radius 3 is 2.29 bits per heavy atom. The number of carbonyl (C=O) groups excluding carboxylic acids is 1. The van der Waals surface area contributed by atoms with Crippen LogP contribution in [0.15, 0.2) is 12.7 Å². The van der Waals surface area contributed by atoms with E-state index in [9.17, 15) is 22.4 Å². The topological polar surface area (TPSA) is 35.5 Å². The summed E-state index contributed by atoms with van der Waals surface area (Å²) in [6.45, 7) is 1.14. The quantitative estimate of drug-likeness (QED) is 0.397. The molecule has 0 radical (unpaired) electrons. The van der Waals surface area contributed by atoms with Gasteiger partial charge in [-0.1, -0.05) is 6.58 Å². The zero-order valence-electron chi connectivity index (χ0n) is 7.23. The van der Waals surface area contributed by atoms with E-state index >= 15 is 0 Å². The highest BCUT2D eigenvalue weighted by Crippen LogP contribution is 2.34. The molecule has 7 heteroatoms. The third-order valence-electron chi connectivity index (χ3n) is 1.24. The van der Waals surface area contributed by atoms with Gasteiger partial charge in [-0.2, -0.15) is 17.6 Å². The average Bonchev–Trinajstić information content (AvgIpc) is 2.13. The van der Waals surface area contributed by atoms with Gasteiger partial charge in [0.2, 0.25) is 0 Å². The first-order valence-corrected chi connectivity index (χ1v) is 3.37. The van der Waals surface area contributed by atoms with Crippen LogP contribution in [0.25, 0.3) is 0 Å². The molecule has 0 aromatic rings. The molecule has 0 aliphatic carbocycles. The Hall–Kier alpha value is -1.11. The molecule has 0 spiro atoms. The minimum Gasteiger partial charge on any atom is -0.456 e. The van der Waals surface area contributed by atoms with Gasteiger partial charge in [0.05, 0.1) is 0 Å². The molecule has 0 aromatic heterocycles. The summed E-state index contributed by atoms with van der Waals surface area (Å²) in [4.78, 5) is 10.3. The van der Waals surface area contributed by atoms with E-state index in [1.165, 1.54) is 0 Å². The van der Waals surface area contributed by atoms with E-state index < -0.39 is 24.6 Å². The standard InChI is InChI=1S/C7H8F4O3/c1-3-5(12)14-4-6(8,9)7(10,11)13-2/h3H,1,4H2,2H3. The lowest BCUT2D eigenvalue weighted by Crippen LogP contribution is -2.45. The number of carbonyl (C=O) groups is 1. The van der Waals surface area contributed by atoms with Gasteiger partial charge in [0.1, 0.15) is 0 Å². The van der Waals surface area contributed by atoms with Crippen molar-refractivity contribution in [3.63, 3.8) is 0 Å². The molecule has 0 aliphatic rings. The van der Waals surface area contributed by atoms with Crippen LogP contribution in [0.2, 0.25) is 0 Å². The smallest absolute Gasteiger partial charge is 0.422 e. The second-order valence-corrected chi connectivity index (χ2v) is 2.24. The molecule has 0 unspecified atom stereocenters. The van der Waals surface area contributed by atoms with Gasteiger partial charge in [-0.05, 0) is 0 Å². The molecule has 3 nitrogen and oxygen atoms in total. The Labute approximate surface area is 77.3 Å². The Morgan fingerprint density at radius 1 is 1.43 bits per heavy atom. The minimum absolute atomic E-state index is 0.420. The molecule has 0 saturated heterocycles. The molecule has 0 aliphatic heterocycles. The molecular weight excluding hydrogens is 208 g/mol. The molecule has 0 fully saturated rings. The van der Waals surface area contributed by atoms with Crippen molar-refractivity contribution in [1.82, 2.24) is 0 Å². The van der Waals surface area contributed by atoms with E-state index in [-0.39, 0.29) is 0 Å². The molecule has 0 N–H and O–H groups in total. The normalized spacial score (nSPS) is 12.4. The Kier molecular flexibility index (Phi) is 4.06. The largest absolute Gasteiger partial charge is 0.456 e. The molecule has 0 bridgehead atoms. The SMILES string of the molecule is C=CC(=O)OCC(F)(F)C(F)(F)OC. The molecule has 0 heterocycles. The number of hydrogen-bond donors (Lipinski definition) is 0. The molecule has 0 amide bonds. The Balaban J connectivity index is 4.34. The highest BCUT2D eigenvalue weighted by molar-refractivity contribution is 5.81. The number of halogens is 4. The number of rotatable bonds is 5. The van der Waals surface area contributed by atoms with Gasteiger partial charge in [0.15, 0.2) is 6.61 Å². The summed E-state index contributed by atoms with van der Waals surface area (Å²) in [5, 5.41) is 0. The van der Waals surface area contributed by atoms with E-state index in [2.05, 4.69) is 16.1 Å². The van der Waals surface area contributed by atoms with Gasteiger partial charge in [-0.25, -0.2) is 4.79 Å². The third-order valence-corrected chi connectivity index (χ3v) is 1.24. The molecule has 0 atom stereocenters. The van der Waals surface area contributed by atoms with Crippen molar-refractivity contribution < 1.29 is 31.8 Å². The predicted octanol–water partition coefficient (Wildman–Crippen LogP) is 1.59. The van der Waals surface area contributed by atoms with Crippen LogP contribution in [0, 0.1) is 0 Å². The fourth-order valence-corrected chi connectivity index (χ4v) is 0.454. The van der Waals surface area contributed by atoms with Crippen LogP contribution in [-0.2, 0) is 14.3 Å². The summed E-state index contributed by atoms with van der Waals surface area (Å²) in [5.74, 6) is -5.78. The van der Waals surface area contributed by atoms with Crippen LogP contribution in [-0.4, -0.2) is 31.7 Å². The minimum atomic E-state index is -4.67. The lowest BCUT2D eigenvalue weighted by atomic mass is 10.3. The van der Waals surface area contributed by atoms with Crippen molar-refractivity contribution in [2.45, 2.75) is 12.0 Å². The molecule has 0 saturated carbocycles. The monoisotopic (exact) mass is 216 g/mol. The fourth-order valence-electron chi connectivity index (χ4n) is 0.454. The van der Waals surface area contributed by atoms with Crippen LogP contribution >= 0.6 is 0 Å². The van der Waals surface area contributed by atoms with Crippen molar-refractivity contribution >= 4 is 5.97 Å². The second kappa shape index (κ2) is 4.41. The number of esters is 1. The van der Waals surface area contributed by atoms with Gasteiger partial charge >= 0.3 is 18.0 Å². The maximum absolute atomic E-state index is 12.5. The van der Waals surface area contributed by atoms with Crippen molar-refractivity contribution in [3.05, 3.63) is 12.7 Å². The molecule has 0 aromatic carbocycles. The lowest BCUT2D eigenvalue weighted by Gasteiger charge is -2.23. The zero-order chi connectivity index (χ0) is 11.4. The molecular formula is C7H8F4O3. The summed E-state index contributed by atoms with van der Waals surface area (Å²) >= 11 is 0. The maximum Gasteiger partial charge on any atom is 0.422 e. The summed E-state index contributed by atoms with van der Waals surface area (Å²) in [6.07, 6.45) is -4.09. The first kappa shape index (κ1) is 12.9. The second-order valence-electron chi connectivity index (χ2n) is 2.24.